The highest BCUT2D eigenvalue weighted by atomic mass is 35.5. The second kappa shape index (κ2) is 11.3. The molecule has 0 bridgehead atoms. The number of piperazine rings is 1. The number of carbonyl (C=O) groups excluding carboxylic acids is 2. The van der Waals surface area contributed by atoms with E-state index in [9.17, 15) is 9.59 Å². The maximum absolute atomic E-state index is 13.5. The number of methoxy groups -OCH3 is 2. The number of imide groups is 1. The van der Waals surface area contributed by atoms with Gasteiger partial charge < -0.3 is 14.4 Å². The van der Waals surface area contributed by atoms with Crippen molar-refractivity contribution in [1.82, 2.24) is 9.80 Å². The molecule has 3 aromatic carbocycles. The van der Waals surface area contributed by atoms with Gasteiger partial charge in [0.25, 0.3) is 11.8 Å². The standard InChI is InChI=1S/C30H30ClN3O4/c1-37-26-12-11-22(18-27(26)38-2)19-34-29(35)24-9-6-10-25(28(24)30(34)36)33-15-13-32(14-16-33)20-23(31)17-21-7-4-3-5-8-21/h3-12,17-18H,13-16,19-20H2,1-2H3/b23-17-. The molecule has 2 amide bonds. The van der Waals surface area contributed by atoms with Crippen LogP contribution in [-0.4, -0.2) is 68.6 Å². The number of nitrogens with zero attached hydrogens (tertiary/aromatic N) is 3. The SMILES string of the molecule is COc1ccc(CN2C(=O)c3cccc(N4CCN(C/C(Cl)=C/c5ccccc5)CC4)c3C2=O)cc1OC. The lowest BCUT2D eigenvalue weighted by atomic mass is 10.1. The van der Waals surface area contributed by atoms with E-state index in [1.165, 1.54) is 4.90 Å². The molecule has 3 aromatic rings. The zero-order valence-electron chi connectivity index (χ0n) is 21.5. The zero-order valence-corrected chi connectivity index (χ0v) is 22.3. The second-order valence-corrected chi connectivity index (χ2v) is 9.84. The third-order valence-corrected chi connectivity index (χ3v) is 7.20. The van der Waals surface area contributed by atoms with Crippen molar-refractivity contribution in [1.29, 1.82) is 0 Å². The van der Waals surface area contributed by atoms with E-state index >= 15 is 0 Å². The van der Waals surface area contributed by atoms with E-state index in [1.807, 2.05) is 54.6 Å². The van der Waals surface area contributed by atoms with Crippen molar-refractivity contribution >= 4 is 35.2 Å². The summed E-state index contributed by atoms with van der Waals surface area (Å²) in [5, 5.41) is 0.789. The summed E-state index contributed by atoms with van der Waals surface area (Å²) in [5.74, 6) is 0.598. The molecule has 0 aromatic heterocycles. The monoisotopic (exact) mass is 531 g/mol. The van der Waals surface area contributed by atoms with Crippen molar-refractivity contribution in [2.75, 3.05) is 51.8 Å². The van der Waals surface area contributed by atoms with Gasteiger partial charge >= 0.3 is 0 Å². The number of carbonyl (C=O) groups is 2. The third-order valence-electron chi connectivity index (χ3n) is 6.98. The number of ether oxygens (including phenoxy) is 2. The van der Waals surface area contributed by atoms with Crippen molar-refractivity contribution < 1.29 is 19.1 Å². The van der Waals surface area contributed by atoms with Crippen LogP contribution in [0.4, 0.5) is 5.69 Å². The fraction of sp³-hybridized carbons (Fsp3) is 0.267. The Hall–Kier alpha value is -3.81. The van der Waals surface area contributed by atoms with Crippen LogP contribution in [0.15, 0.2) is 71.8 Å². The van der Waals surface area contributed by atoms with Crippen molar-refractivity contribution in [2.24, 2.45) is 0 Å². The Morgan fingerprint density at radius 3 is 2.32 bits per heavy atom. The highest BCUT2D eigenvalue weighted by Gasteiger charge is 2.38. The van der Waals surface area contributed by atoms with Gasteiger partial charge in [0.15, 0.2) is 11.5 Å². The number of hydrogen-bond acceptors (Lipinski definition) is 6. The predicted octanol–water partition coefficient (Wildman–Crippen LogP) is 4.90. The summed E-state index contributed by atoms with van der Waals surface area (Å²) in [6.07, 6.45) is 2.00. The molecule has 2 aliphatic rings. The van der Waals surface area contributed by atoms with Crippen LogP contribution < -0.4 is 14.4 Å². The highest BCUT2D eigenvalue weighted by Crippen LogP contribution is 2.34. The summed E-state index contributed by atoms with van der Waals surface area (Å²) in [4.78, 5) is 32.6. The maximum atomic E-state index is 13.5. The molecule has 0 saturated carbocycles. The van der Waals surface area contributed by atoms with Crippen LogP contribution in [0, 0.1) is 0 Å². The quantitative estimate of drug-likeness (QED) is 0.385. The number of anilines is 1. The topological polar surface area (TPSA) is 62.3 Å². The smallest absolute Gasteiger partial charge is 0.263 e. The Morgan fingerprint density at radius 1 is 0.868 bits per heavy atom. The number of hydrogen-bond donors (Lipinski definition) is 0. The van der Waals surface area contributed by atoms with Gasteiger partial charge in [0.1, 0.15) is 0 Å². The Morgan fingerprint density at radius 2 is 1.61 bits per heavy atom. The molecule has 0 aliphatic carbocycles. The minimum atomic E-state index is -0.280. The van der Waals surface area contributed by atoms with Gasteiger partial charge in [0, 0.05) is 37.8 Å². The molecule has 0 spiro atoms. The summed E-state index contributed by atoms with van der Waals surface area (Å²) >= 11 is 6.54. The largest absolute Gasteiger partial charge is 0.493 e. The van der Waals surface area contributed by atoms with Gasteiger partial charge in [-0.2, -0.15) is 0 Å². The maximum Gasteiger partial charge on any atom is 0.263 e. The van der Waals surface area contributed by atoms with E-state index in [4.69, 9.17) is 21.1 Å². The summed E-state index contributed by atoms with van der Waals surface area (Å²) in [7, 11) is 3.13. The lowest BCUT2D eigenvalue weighted by Gasteiger charge is -2.36. The minimum Gasteiger partial charge on any atom is -0.493 e. The molecule has 0 radical (unpaired) electrons. The van der Waals surface area contributed by atoms with Crippen LogP contribution in [0.3, 0.4) is 0 Å². The van der Waals surface area contributed by atoms with Gasteiger partial charge in [-0.15, -0.1) is 0 Å². The van der Waals surface area contributed by atoms with Gasteiger partial charge in [-0.1, -0.05) is 54.1 Å². The van der Waals surface area contributed by atoms with E-state index < -0.39 is 0 Å². The first kappa shape index (κ1) is 25.8. The fourth-order valence-electron chi connectivity index (χ4n) is 5.02. The minimum absolute atomic E-state index is 0.159. The number of amides is 2. The summed E-state index contributed by atoms with van der Waals surface area (Å²) in [6.45, 7) is 3.92. The fourth-order valence-corrected chi connectivity index (χ4v) is 5.32. The van der Waals surface area contributed by atoms with Gasteiger partial charge in [-0.25, -0.2) is 0 Å². The first-order chi connectivity index (χ1) is 18.5. The molecule has 196 valence electrons. The molecule has 0 unspecified atom stereocenters. The normalized spacial score (nSPS) is 16.1. The number of benzene rings is 3. The first-order valence-corrected chi connectivity index (χ1v) is 12.9. The molecule has 2 heterocycles. The number of halogens is 1. The molecule has 0 atom stereocenters. The van der Waals surface area contributed by atoms with Crippen LogP contribution in [0.1, 0.15) is 31.8 Å². The van der Waals surface area contributed by atoms with E-state index in [1.54, 1.807) is 32.4 Å². The summed E-state index contributed by atoms with van der Waals surface area (Å²) in [5.41, 5.74) is 3.60. The van der Waals surface area contributed by atoms with Crippen LogP contribution >= 0.6 is 11.6 Å². The molecular formula is C30H30ClN3O4. The summed E-state index contributed by atoms with van der Waals surface area (Å²) < 4.78 is 10.7. The molecule has 38 heavy (non-hydrogen) atoms. The van der Waals surface area contributed by atoms with Gasteiger partial charge in [-0.3, -0.25) is 19.4 Å². The molecule has 5 rings (SSSR count). The van der Waals surface area contributed by atoms with E-state index in [-0.39, 0.29) is 18.4 Å². The lowest BCUT2D eigenvalue weighted by Crippen LogP contribution is -2.47. The molecule has 1 fully saturated rings. The van der Waals surface area contributed by atoms with Crippen LogP contribution in [0.25, 0.3) is 6.08 Å². The Bertz CT molecular complexity index is 1370. The summed E-state index contributed by atoms with van der Waals surface area (Å²) in [6, 6.07) is 21.0. The molecule has 0 N–H and O–H groups in total. The Labute approximate surface area is 227 Å². The lowest BCUT2D eigenvalue weighted by molar-refractivity contribution is 0.0642. The Kier molecular flexibility index (Phi) is 7.67. The van der Waals surface area contributed by atoms with Gasteiger partial charge in [0.05, 0.1) is 37.6 Å². The van der Waals surface area contributed by atoms with Gasteiger partial charge in [-0.05, 0) is 41.5 Å². The van der Waals surface area contributed by atoms with Crippen LogP contribution in [0.5, 0.6) is 11.5 Å². The molecule has 8 heteroatoms. The zero-order chi connectivity index (χ0) is 26.6. The Balaban J connectivity index is 1.28. The average molecular weight is 532 g/mol. The van der Waals surface area contributed by atoms with Crippen molar-refractivity contribution in [3.63, 3.8) is 0 Å². The van der Waals surface area contributed by atoms with Crippen LogP contribution in [0.2, 0.25) is 0 Å². The van der Waals surface area contributed by atoms with E-state index in [2.05, 4.69) is 9.80 Å². The number of rotatable bonds is 8. The van der Waals surface area contributed by atoms with Crippen molar-refractivity contribution in [3.8, 4) is 11.5 Å². The van der Waals surface area contributed by atoms with E-state index in [0.29, 0.717) is 29.2 Å². The molecule has 2 aliphatic heterocycles. The van der Waals surface area contributed by atoms with Crippen molar-refractivity contribution in [3.05, 3.63) is 94.0 Å². The highest BCUT2D eigenvalue weighted by molar-refractivity contribution is 6.31. The van der Waals surface area contributed by atoms with Gasteiger partial charge in [0.2, 0.25) is 0 Å². The first-order valence-electron chi connectivity index (χ1n) is 12.6. The molecule has 7 nitrogen and oxygen atoms in total. The van der Waals surface area contributed by atoms with Crippen LogP contribution in [-0.2, 0) is 6.54 Å². The second-order valence-electron chi connectivity index (χ2n) is 9.35. The van der Waals surface area contributed by atoms with E-state index in [0.717, 1.165) is 48.0 Å². The molecule has 1 saturated heterocycles. The predicted molar refractivity (Wildman–Crippen MR) is 149 cm³/mol. The van der Waals surface area contributed by atoms with Crippen molar-refractivity contribution in [2.45, 2.75) is 6.54 Å². The average Bonchev–Trinajstić information content (AvgIpc) is 3.18. The number of fused-ring (bicyclic) bond motifs is 1. The third kappa shape index (κ3) is 5.26. The molecular weight excluding hydrogens is 502 g/mol.